The lowest BCUT2D eigenvalue weighted by Crippen LogP contribution is -2.46. The van der Waals surface area contributed by atoms with Gasteiger partial charge in [0.05, 0.1) is 25.7 Å². The Kier molecular flexibility index (Phi) is 4.11. The van der Waals surface area contributed by atoms with Gasteiger partial charge in [0.2, 0.25) is 5.91 Å². The summed E-state index contributed by atoms with van der Waals surface area (Å²) in [5, 5.41) is 0. The van der Waals surface area contributed by atoms with Crippen LogP contribution in [0.3, 0.4) is 0 Å². The van der Waals surface area contributed by atoms with Gasteiger partial charge in [0.1, 0.15) is 0 Å². The molecule has 88 valence electrons. The summed E-state index contributed by atoms with van der Waals surface area (Å²) in [6.45, 7) is 8.67. The van der Waals surface area contributed by atoms with Crippen molar-refractivity contribution in [2.45, 2.75) is 33.2 Å². The SMILES string of the molecule is CC1COCCC(=O)N1CC(C)(C)CN. The maximum absolute atomic E-state index is 11.8. The van der Waals surface area contributed by atoms with Gasteiger partial charge in [-0.3, -0.25) is 4.79 Å². The minimum absolute atomic E-state index is 0.0196. The second kappa shape index (κ2) is 4.94. The summed E-state index contributed by atoms with van der Waals surface area (Å²) in [4.78, 5) is 13.7. The summed E-state index contributed by atoms with van der Waals surface area (Å²) in [6, 6.07) is 0.158. The highest BCUT2D eigenvalue weighted by molar-refractivity contribution is 5.76. The minimum atomic E-state index is -0.0196. The molecule has 0 aromatic rings. The van der Waals surface area contributed by atoms with Crippen LogP contribution < -0.4 is 5.73 Å². The van der Waals surface area contributed by atoms with Gasteiger partial charge in [-0.15, -0.1) is 0 Å². The maximum atomic E-state index is 11.8. The molecule has 0 spiro atoms. The van der Waals surface area contributed by atoms with Crippen molar-refractivity contribution in [2.75, 3.05) is 26.3 Å². The van der Waals surface area contributed by atoms with E-state index in [4.69, 9.17) is 10.5 Å². The Morgan fingerprint density at radius 1 is 1.60 bits per heavy atom. The van der Waals surface area contributed by atoms with E-state index in [1.54, 1.807) is 0 Å². The third-order valence-electron chi connectivity index (χ3n) is 2.82. The molecule has 15 heavy (non-hydrogen) atoms. The molecular weight excluding hydrogens is 192 g/mol. The van der Waals surface area contributed by atoms with Crippen molar-refractivity contribution in [2.24, 2.45) is 11.1 Å². The standard InChI is InChI=1S/C11H22N2O2/c1-9-6-15-5-4-10(14)13(9)8-11(2,3)7-12/h9H,4-8,12H2,1-3H3. The molecule has 1 heterocycles. The molecule has 0 aromatic carbocycles. The number of carbonyl (C=O) groups is 1. The summed E-state index contributed by atoms with van der Waals surface area (Å²) in [6.07, 6.45) is 0.491. The Labute approximate surface area is 91.8 Å². The van der Waals surface area contributed by atoms with Crippen LogP contribution in [0.25, 0.3) is 0 Å². The zero-order chi connectivity index (χ0) is 11.5. The molecule has 1 amide bonds. The Balaban J connectivity index is 2.67. The Morgan fingerprint density at radius 2 is 2.27 bits per heavy atom. The predicted octanol–water partition coefficient (Wildman–Crippen LogP) is 0.609. The van der Waals surface area contributed by atoms with E-state index in [2.05, 4.69) is 13.8 Å². The number of hydrogen-bond donors (Lipinski definition) is 1. The zero-order valence-electron chi connectivity index (χ0n) is 9.95. The van der Waals surface area contributed by atoms with Gasteiger partial charge in [-0.05, 0) is 18.9 Å². The quantitative estimate of drug-likeness (QED) is 0.749. The second-order valence-corrected chi connectivity index (χ2v) is 5.06. The predicted molar refractivity (Wildman–Crippen MR) is 59.4 cm³/mol. The summed E-state index contributed by atoms with van der Waals surface area (Å²) in [7, 11) is 0. The Morgan fingerprint density at radius 3 is 2.87 bits per heavy atom. The van der Waals surface area contributed by atoms with Gasteiger partial charge in [0.25, 0.3) is 0 Å². The van der Waals surface area contributed by atoms with E-state index in [1.807, 2.05) is 11.8 Å². The molecule has 0 radical (unpaired) electrons. The van der Waals surface area contributed by atoms with Crippen LogP contribution >= 0.6 is 0 Å². The fourth-order valence-electron chi connectivity index (χ4n) is 1.66. The van der Waals surface area contributed by atoms with Crippen molar-refractivity contribution in [3.8, 4) is 0 Å². The second-order valence-electron chi connectivity index (χ2n) is 5.06. The fourth-order valence-corrected chi connectivity index (χ4v) is 1.66. The smallest absolute Gasteiger partial charge is 0.225 e. The lowest BCUT2D eigenvalue weighted by Gasteiger charge is -2.34. The lowest BCUT2D eigenvalue weighted by atomic mass is 9.92. The van der Waals surface area contributed by atoms with Crippen LogP contribution in [0.15, 0.2) is 0 Å². The zero-order valence-corrected chi connectivity index (χ0v) is 9.95. The van der Waals surface area contributed by atoms with Crippen LogP contribution in [0.4, 0.5) is 0 Å². The molecule has 4 nitrogen and oxygen atoms in total. The molecule has 1 fully saturated rings. The van der Waals surface area contributed by atoms with Crippen LogP contribution in [-0.2, 0) is 9.53 Å². The summed E-state index contributed by atoms with van der Waals surface area (Å²) < 4.78 is 5.36. The molecule has 4 heteroatoms. The highest BCUT2D eigenvalue weighted by atomic mass is 16.5. The van der Waals surface area contributed by atoms with E-state index in [-0.39, 0.29) is 17.4 Å². The molecule has 1 saturated heterocycles. The summed E-state index contributed by atoms with van der Waals surface area (Å²) in [5.41, 5.74) is 5.66. The first-order valence-electron chi connectivity index (χ1n) is 5.53. The highest BCUT2D eigenvalue weighted by Crippen LogP contribution is 2.19. The third kappa shape index (κ3) is 3.47. The first-order valence-corrected chi connectivity index (χ1v) is 5.53. The van der Waals surface area contributed by atoms with Crippen LogP contribution in [0.1, 0.15) is 27.2 Å². The van der Waals surface area contributed by atoms with E-state index in [0.29, 0.717) is 32.7 Å². The van der Waals surface area contributed by atoms with Crippen LogP contribution in [0.5, 0.6) is 0 Å². The average molecular weight is 214 g/mol. The molecule has 1 atom stereocenters. The largest absolute Gasteiger partial charge is 0.379 e. The number of amides is 1. The molecule has 1 unspecified atom stereocenters. The number of carbonyl (C=O) groups excluding carboxylic acids is 1. The topological polar surface area (TPSA) is 55.6 Å². The highest BCUT2D eigenvalue weighted by Gasteiger charge is 2.28. The minimum Gasteiger partial charge on any atom is -0.379 e. The van der Waals surface area contributed by atoms with Crippen LogP contribution in [0.2, 0.25) is 0 Å². The summed E-state index contributed by atoms with van der Waals surface area (Å²) in [5.74, 6) is 0.182. The van der Waals surface area contributed by atoms with Gasteiger partial charge in [0, 0.05) is 6.54 Å². The fraction of sp³-hybridized carbons (Fsp3) is 0.909. The molecule has 2 N–H and O–H groups in total. The van der Waals surface area contributed by atoms with Crippen molar-refractivity contribution in [3.05, 3.63) is 0 Å². The van der Waals surface area contributed by atoms with Gasteiger partial charge in [-0.2, -0.15) is 0 Å². The Hall–Kier alpha value is -0.610. The number of nitrogens with zero attached hydrogens (tertiary/aromatic N) is 1. The number of ether oxygens (including phenoxy) is 1. The Bertz CT molecular complexity index is 229. The van der Waals surface area contributed by atoms with Crippen molar-refractivity contribution in [3.63, 3.8) is 0 Å². The van der Waals surface area contributed by atoms with Gasteiger partial charge >= 0.3 is 0 Å². The summed E-state index contributed by atoms with van der Waals surface area (Å²) >= 11 is 0. The van der Waals surface area contributed by atoms with Gasteiger partial charge in [-0.1, -0.05) is 13.8 Å². The van der Waals surface area contributed by atoms with Crippen LogP contribution in [0, 0.1) is 5.41 Å². The molecule has 0 aliphatic carbocycles. The molecule has 0 aromatic heterocycles. The molecule has 0 saturated carbocycles. The first kappa shape index (κ1) is 12.5. The molecule has 0 bridgehead atoms. The van der Waals surface area contributed by atoms with Gasteiger partial charge in [0.15, 0.2) is 0 Å². The van der Waals surface area contributed by atoms with Crippen molar-refractivity contribution in [1.82, 2.24) is 4.90 Å². The molecule has 1 rings (SSSR count). The van der Waals surface area contributed by atoms with E-state index < -0.39 is 0 Å². The van der Waals surface area contributed by atoms with E-state index in [9.17, 15) is 4.79 Å². The third-order valence-corrected chi connectivity index (χ3v) is 2.82. The average Bonchev–Trinajstić information content (AvgIpc) is 2.33. The van der Waals surface area contributed by atoms with E-state index in [0.717, 1.165) is 0 Å². The van der Waals surface area contributed by atoms with Gasteiger partial charge in [-0.25, -0.2) is 0 Å². The van der Waals surface area contributed by atoms with E-state index >= 15 is 0 Å². The monoisotopic (exact) mass is 214 g/mol. The van der Waals surface area contributed by atoms with Crippen molar-refractivity contribution in [1.29, 1.82) is 0 Å². The molecular formula is C11H22N2O2. The number of nitrogens with two attached hydrogens (primary N) is 1. The normalized spacial score (nSPS) is 24.1. The van der Waals surface area contributed by atoms with Crippen LogP contribution in [-0.4, -0.2) is 43.2 Å². The van der Waals surface area contributed by atoms with Crippen molar-refractivity contribution < 1.29 is 9.53 Å². The molecule has 1 aliphatic heterocycles. The maximum Gasteiger partial charge on any atom is 0.225 e. The van der Waals surface area contributed by atoms with Gasteiger partial charge < -0.3 is 15.4 Å². The number of rotatable bonds is 3. The van der Waals surface area contributed by atoms with Crippen molar-refractivity contribution >= 4 is 5.91 Å². The number of hydrogen-bond acceptors (Lipinski definition) is 3. The first-order chi connectivity index (χ1) is 6.96. The molecule has 1 aliphatic rings. The van der Waals surface area contributed by atoms with E-state index in [1.165, 1.54) is 0 Å². The lowest BCUT2D eigenvalue weighted by molar-refractivity contribution is -0.133.